The standard InChI is InChI=1S/C32H39N5O3S/c1-4-26-22-27-29(34-32(35-30(27)41-26)33-17-16-28(39-5-2)40-6-3)36-18-20-37(21-19-36)31(38)25-14-12-24(13-15-25)23-10-8-7-9-11-23/h7-15,22,28H,4-6,16-21H2,1-3H3,(H,33,34,35). The van der Waals surface area contributed by atoms with Gasteiger partial charge in [-0.3, -0.25) is 4.79 Å². The van der Waals surface area contributed by atoms with E-state index in [1.165, 1.54) is 4.88 Å². The average molecular weight is 574 g/mol. The first-order valence-corrected chi connectivity index (χ1v) is 15.4. The van der Waals surface area contributed by atoms with Crippen LogP contribution in [0.2, 0.25) is 0 Å². The van der Waals surface area contributed by atoms with Crippen molar-refractivity contribution >= 4 is 39.2 Å². The molecule has 1 aliphatic heterocycles. The van der Waals surface area contributed by atoms with Crippen LogP contribution >= 0.6 is 11.3 Å². The predicted octanol–water partition coefficient (Wildman–Crippen LogP) is 6.08. The van der Waals surface area contributed by atoms with Crippen LogP contribution in [-0.4, -0.2) is 73.0 Å². The number of amides is 1. The Morgan fingerprint density at radius 1 is 0.927 bits per heavy atom. The maximum atomic E-state index is 13.3. The quantitative estimate of drug-likeness (QED) is 0.206. The first-order chi connectivity index (χ1) is 20.1. The molecule has 0 bridgehead atoms. The lowest BCUT2D eigenvalue weighted by atomic mass is 10.0. The van der Waals surface area contributed by atoms with E-state index in [2.05, 4.69) is 35.3 Å². The van der Waals surface area contributed by atoms with E-state index in [9.17, 15) is 4.79 Å². The number of thiophene rings is 1. The third-order valence-corrected chi connectivity index (χ3v) is 8.42. The molecule has 2 aromatic carbocycles. The van der Waals surface area contributed by atoms with Crippen molar-refractivity contribution in [3.63, 3.8) is 0 Å². The molecule has 2 aromatic heterocycles. The maximum Gasteiger partial charge on any atom is 0.253 e. The predicted molar refractivity (Wildman–Crippen MR) is 167 cm³/mol. The van der Waals surface area contributed by atoms with Crippen molar-refractivity contribution < 1.29 is 14.3 Å². The minimum absolute atomic E-state index is 0.0707. The lowest BCUT2D eigenvalue weighted by Crippen LogP contribution is -2.49. The Balaban J connectivity index is 1.26. The summed E-state index contributed by atoms with van der Waals surface area (Å²) in [6, 6.07) is 20.3. The maximum absolute atomic E-state index is 13.3. The van der Waals surface area contributed by atoms with Gasteiger partial charge in [0.2, 0.25) is 5.95 Å². The summed E-state index contributed by atoms with van der Waals surface area (Å²) >= 11 is 1.72. The molecule has 0 aliphatic carbocycles. The number of nitrogens with one attached hydrogen (secondary N) is 1. The molecule has 1 amide bonds. The molecule has 1 saturated heterocycles. The fraction of sp³-hybridized carbons (Fsp3) is 0.406. The molecule has 8 nitrogen and oxygen atoms in total. The summed E-state index contributed by atoms with van der Waals surface area (Å²) in [6.07, 6.45) is 1.42. The van der Waals surface area contributed by atoms with Crippen LogP contribution in [0.25, 0.3) is 21.3 Å². The van der Waals surface area contributed by atoms with Crippen LogP contribution in [0.15, 0.2) is 60.7 Å². The Morgan fingerprint density at radius 3 is 2.27 bits per heavy atom. The minimum Gasteiger partial charge on any atom is -0.354 e. The number of carbonyl (C=O) groups is 1. The smallest absolute Gasteiger partial charge is 0.253 e. The first kappa shape index (κ1) is 29.0. The number of nitrogens with zero attached hydrogens (tertiary/aromatic N) is 4. The van der Waals surface area contributed by atoms with Gasteiger partial charge in [0.15, 0.2) is 6.29 Å². The van der Waals surface area contributed by atoms with Crippen molar-refractivity contribution in [3.8, 4) is 11.1 Å². The monoisotopic (exact) mass is 573 g/mol. The van der Waals surface area contributed by atoms with E-state index in [1.807, 2.05) is 61.2 Å². The Hall–Kier alpha value is -3.53. The number of aromatic nitrogens is 2. The summed E-state index contributed by atoms with van der Waals surface area (Å²) < 4.78 is 11.3. The fourth-order valence-electron chi connectivity index (χ4n) is 5.08. The Morgan fingerprint density at radius 2 is 1.61 bits per heavy atom. The number of hydrogen-bond acceptors (Lipinski definition) is 8. The molecule has 9 heteroatoms. The second kappa shape index (κ2) is 13.9. The van der Waals surface area contributed by atoms with Gasteiger partial charge in [-0.2, -0.15) is 4.98 Å². The highest BCUT2D eigenvalue weighted by Gasteiger charge is 2.25. The van der Waals surface area contributed by atoms with Gasteiger partial charge in [0.05, 0.1) is 5.39 Å². The Labute approximate surface area is 246 Å². The van der Waals surface area contributed by atoms with Crippen LogP contribution in [0, 0.1) is 0 Å². The van der Waals surface area contributed by atoms with Crippen LogP contribution in [-0.2, 0) is 15.9 Å². The SMILES string of the molecule is CCOC(CCNc1nc(N2CCN(C(=O)c3ccc(-c4ccccc4)cc3)CC2)c2cc(CC)sc2n1)OCC. The Bertz CT molecular complexity index is 1410. The summed E-state index contributed by atoms with van der Waals surface area (Å²) in [5.41, 5.74) is 2.97. The number of ether oxygens (including phenoxy) is 2. The highest BCUT2D eigenvalue weighted by atomic mass is 32.1. The van der Waals surface area contributed by atoms with Gasteiger partial charge in [0.25, 0.3) is 5.91 Å². The zero-order valence-electron chi connectivity index (χ0n) is 24.1. The molecule has 0 saturated carbocycles. The van der Waals surface area contributed by atoms with E-state index in [4.69, 9.17) is 19.4 Å². The van der Waals surface area contributed by atoms with Gasteiger partial charge in [-0.25, -0.2) is 4.98 Å². The molecule has 4 aromatic rings. The van der Waals surface area contributed by atoms with Crippen LogP contribution in [0.1, 0.15) is 42.4 Å². The van der Waals surface area contributed by atoms with Crippen LogP contribution < -0.4 is 10.2 Å². The average Bonchev–Trinajstić information content (AvgIpc) is 3.45. The second-order valence-corrected chi connectivity index (χ2v) is 11.0. The van der Waals surface area contributed by atoms with Gasteiger partial charge in [0.1, 0.15) is 10.6 Å². The van der Waals surface area contributed by atoms with Crippen molar-refractivity contribution in [2.24, 2.45) is 0 Å². The zero-order valence-corrected chi connectivity index (χ0v) is 25.0. The molecule has 0 radical (unpaired) electrons. The van der Waals surface area contributed by atoms with E-state index in [-0.39, 0.29) is 12.2 Å². The van der Waals surface area contributed by atoms with Gasteiger partial charge in [-0.05, 0) is 49.6 Å². The molecular formula is C32H39N5O3S. The number of piperazine rings is 1. The number of aryl methyl sites for hydroxylation is 1. The molecule has 1 N–H and O–H groups in total. The summed E-state index contributed by atoms with van der Waals surface area (Å²) in [5.74, 6) is 1.61. The van der Waals surface area contributed by atoms with Crippen LogP contribution in [0.5, 0.6) is 0 Å². The lowest BCUT2D eigenvalue weighted by molar-refractivity contribution is -0.137. The molecule has 41 heavy (non-hydrogen) atoms. The number of hydrogen-bond donors (Lipinski definition) is 1. The van der Waals surface area contributed by atoms with E-state index in [0.717, 1.165) is 39.1 Å². The molecule has 5 rings (SSSR count). The van der Waals surface area contributed by atoms with Crippen molar-refractivity contribution in [3.05, 3.63) is 71.1 Å². The Kier molecular flexibility index (Phi) is 9.82. The summed E-state index contributed by atoms with van der Waals surface area (Å²) in [6.45, 7) is 10.7. The minimum atomic E-state index is -0.241. The van der Waals surface area contributed by atoms with Gasteiger partial charge in [0, 0.05) is 62.8 Å². The molecule has 0 spiro atoms. The highest BCUT2D eigenvalue weighted by Crippen LogP contribution is 2.33. The molecule has 1 aliphatic rings. The van der Waals surface area contributed by atoms with Crippen molar-refractivity contribution in [1.29, 1.82) is 0 Å². The summed E-state index contributed by atoms with van der Waals surface area (Å²) in [7, 11) is 0. The van der Waals surface area contributed by atoms with Gasteiger partial charge in [-0.15, -0.1) is 11.3 Å². The zero-order chi connectivity index (χ0) is 28.6. The summed E-state index contributed by atoms with van der Waals surface area (Å²) in [5, 5.41) is 4.47. The molecule has 0 atom stereocenters. The summed E-state index contributed by atoms with van der Waals surface area (Å²) in [4.78, 5) is 29.6. The van der Waals surface area contributed by atoms with Crippen molar-refractivity contribution in [2.75, 3.05) is 56.2 Å². The largest absolute Gasteiger partial charge is 0.354 e. The third-order valence-electron chi connectivity index (χ3n) is 7.25. The molecule has 3 heterocycles. The first-order valence-electron chi connectivity index (χ1n) is 14.6. The van der Waals surface area contributed by atoms with E-state index >= 15 is 0 Å². The molecule has 1 fully saturated rings. The number of rotatable bonds is 12. The van der Waals surface area contributed by atoms with Gasteiger partial charge in [-0.1, -0.05) is 49.4 Å². The topological polar surface area (TPSA) is 79.8 Å². The highest BCUT2D eigenvalue weighted by molar-refractivity contribution is 7.18. The van der Waals surface area contributed by atoms with Crippen molar-refractivity contribution in [1.82, 2.24) is 14.9 Å². The molecule has 216 valence electrons. The number of anilines is 2. The third kappa shape index (κ3) is 7.04. The van der Waals surface area contributed by atoms with Crippen LogP contribution in [0.3, 0.4) is 0 Å². The number of fused-ring (bicyclic) bond motifs is 1. The van der Waals surface area contributed by atoms with Crippen LogP contribution in [0.4, 0.5) is 11.8 Å². The van der Waals surface area contributed by atoms with Gasteiger partial charge < -0.3 is 24.6 Å². The van der Waals surface area contributed by atoms with E-state index in [0.29, 0.717) is 58.3 Å². The van der Waals surface area contributed by atoms with E-state index < -0.39 is 0 Å². The lowest BCUT2D eigenvalue weighted by Gasteiger charge is -2.35. The van der Waals surface area contributed by atoms with E-state index in [1.54, 1.807) is 11.3 Å². The number of carbonyl (C=O) groups excluding carboxylic acids is 1. The van der Waals surface area contributed by atoms with Gasteiger partial charge >= 0.3 is 0 Å². The molecule has 0 unspecified atom stereocenters. The number of benzene rings is 2. The molecular weight excluding hydrogens is 534 g/mol. The second-order valence-electron chi connectivity index (χ2n) is 9.93. The fourth-order valence-corrected chi connectivity index (χ4v) is 6.04. The van der Waals surface area contributed by atoms with Crippen molar-refractivity contribution in [2.45, 2.75) is 39.9 Å². The normalized spacial score (nSPS) is 13.8.